The van der Waals surface area contributed by atoms with Crippen LogP contribution in [0.1, 0.15) is 24.3 Å². The van der Waals surface area contributed by atoms with Crippen molar-refractivity contribution in [3.8, 4) is 0 Å². The third-order valence-electron chi connectivity index (χ3n) is 2.04. The van der Waals surface area contributed by atoms with Crippen LogP contribution in [-0.4, -0.2) is 32.2 Å². The number of carbonyl (C=O) groups excluding carboxylic acids is 1. The molecule has 0 amide bonds. The molecule has 1 aromatic rings. The number of aromatic nitrogens is 1. The fourth-order valence-corrected chi connectivity index (χ4v) is 2.88. The number of esters is 1. The second-order valence-electron chi connectivity index (χ2n) is 4.05. The van der Waals surface area contributed by atoms with Crippen LogP contribution in [-0.2, 0) is 14.6 Å². The topological polar surface area (TPSA) is 73.3 Å². The quantitative estimate of drug-likeness (QED) is 0.760. The highest BCUT2D eigenvalue weighted by Gasteiger charge is 2.17. The van der Waals surface area contributed by atoms with E-state index in [0.717, 1.165) is 0 Å². The first kappa shape index (κ1) is 13.6. The lowest BCUT2D eigenvalue weighted by molar-refractivity contribution is 0.0594. The monoisotopic (exact) mass is 257 g/mol. The number of hydrogen-bond donors (Lipinski definition) is 0. The van der Waals surface area contributed by atoms with Crippen LogP contribution in [0.5, 0.6) is 0 Å². The maximum absolute atomic E-state index is 11.8. The smallest absolute Gasteiger partial charge is 0.356 e. The Hall–Kier alpha value is -1.43. The van der Waals surface area contributed by atoms with Crippen LogP contribution >= 0.6 is 0 Å². The summed E-state index contributed by atoms with van der Waals surface area (Å²) in [6.45, 7) is 3.65. The number of carbonyl (C=O) groups is 1. The van der Waals surface area contributed by atoms with E-state index in [1.54, 1.807) is 0 Å². The van der Waals surface area contributed by atoms with Crippen molar-refractivity contribution in [2.45, 2.75) is 18.7 Å². The summed E-state index contributed by atoms with van der Waals surface area (Å²) in [5.41, 5.74) is 0.0935. The van der Waals surface area contributed by atoms with Gasteiger partial charge in [-0.2, -0.15) is 0 Å². The van der Waals surface area contributed by atoms with Crippen LogP contribution in [0.4, 0.5) is 0 Å². The molecular weight excluding hydrogens is 242 g/mol. The number of methoxy groups -OCH3 is 1. The molecule has 0 aliphatic carbocycles. The van der Waals surface area contributed by atoms with E-state index in [1.165, 1.54) is 25.4 Å². The molecule has 0 radical (unpaired) electrons. The van der Waals surface area contributed by atoms with E-state index in [1.807, 2.05) is 13.8 Å². The molecule has 94 valence electrons. The highest BCUT2D eigenvalue weighted by Crippen LogP contribution is 2.13. The lowest BCUT2D eigenvalue weighted by Gasteiger charge is -2.06. The zero-order valence-electron chi connectivity index (χ0n) is 10.0. The van der Waals surface area contributed by atoms with Crippen LogP contribution < -0.4 is 0 Å². The van der Waals surface area contributed by atoms with Crippen LogP contribution in [0.15, 0.2) is 23.2 Å². The minimum Gasteiger partial charge on any atom is -0.464 e. The Morgan fingerprint density at radius 2 is 2.06 bits per heavy atom. The molecule has 5 nitrogen and oxygen atoms in total. The van der Waals surface area contributed by atoms with Crippen LogP contribution in [0.3, 0.4) is 0 Å². The number of nitrogens with zero attached hydrogens (tertiary/aromatic N) is 1. The van der Waals surface area contributed by atoms with E-state index in [4.69, 9.17) is 0 Å². The molecule has 1 heterocycles. The van der Waals surface area contributed by atoms with Gasteiger partial charge in [0.2, 0.25) is 0 Å². The fourth-order valence-electron chi connectivity index (χ4n) is 1.32. The number of rotatable bonds is 4. The van der Waals surface area contributed by atoms with Gasteiger partial charge in [0, 0.05) is 6.20 Å². The third kappa shape index (κ3) is 3.52. The van der Waals surface area contributed by atoms with E-state index in [2.05, 4.69) is 9.72 Å². The summed E-state index contributed by atoms with van der Waals surface area (Å²) in [5.74, 6) is -0.482. The third-order valence-corrected chi connectivity index (χ3v) is 4.11. The van der Waals surface area contributed by atoms with Crippen LogP contribution in [0, 0.1) is 5.92 Å². The molecule has 0 atom stereocenters. The Balaban J connectivity index is 2.99. The van der Waals surface area contributed by atoms with Crippen molar-refractivity contribution >= 4 is 15.8 Å². The normalized spacial score (nSPS) is 11.5. The maximum atomic E-state index is 11.8. The van der Waals surface area contributed by atoms with Crippen molar-refractivity contribution in [2.75, 3.05) is 12.9 Å². The highest BCUT2D eigenvalue weighted by molar-refractivity contribution is 7.91. The highest BCUT2D eigenvalue weighted by atomic mass is 32.2. The Morgan fingerprint density at radius 3 is 2.47 bits per heavy atom. The van der Waals surface area contributed by atoms with Gasteiger partial charge in [-0.05, 0) is 18.1 Å². The zero-order chi connectivity index (χ0) is 13.1. The summed E-state index contributed by atoms with van der Waals surface area (Å²) in [5, 5.41) is 0. The summed E-state index contributed by atoms with van der Waals surface area (Å²) >= 11 is 0. The number of hydrogen-bond acceptors (Lipinski definition) is 5. The van der Waals surface area contributed by atoms with Crippen LogP contribution in [0.25, 0.3) is 0 Å². The van der Waals surface area contributed by atoms with Gasteiger partial charge in [-0.25, -0.2) is 18.2 Å². The molecule has 1 rings (SSSR count). The minimum absolute atomic E-state index is 0.0419. The number of pyridine rings is 1. The van der Waals surface area contributed by atoms with Gasteiger partial charge in [-0.1, -0.05) is 13.8 Å². The van der Waals surface area contributed by atoms with Crippen molar-refractivity contribution in [3.05, 3.63) is 24.0 Å². The molecule has 0 unspecified atom stereocenters. The summed E-state index contributed by atoms with van der Waals surface area (Å²) in [7, 11) is -2.08. The second-order valence-corrected chi connectivity index (χ2v) is 6.08. The summed E-state index contributed by atoms with van der Waals surface area (Å²) < 4.78 is 28.1. The fraction of sp³-hybridized carbons (Fsp3) is 0.455. The first-order chi connectivity index (χ1) is 7.86. The van der Waals surface area contributed by atoms with Gasteiger partial charge in [0.25, 0.3) is 0 Å². The molecule has 0 aliphatic heterocycles. The predicted octanol–water partition coefficient (Wildman–Crippen LogP) is 1.30. The van der Waals surface area contributed by atoms with Crippen molar-refractivity contribution < 1.29 is 17.9 Å². The largest absolute Gasteiger partial charge is 0.464 e. The molecule has 6 heteroatoms. The summed E-state index contributed by atoms with van der Waals surface area (Å²) in [6, 6.07) is 2.72. The second kappa shape index (κ2) is 5.27. The van der Waals surface area contributed by atoms with Crippen molar-refractivity contribution in [3.63, 3.8) is 0 Å². The van der Waals surface area contributed by atoms with Crippen molar-refractivity contribution in [2.24, 2.45) is 5.92 Å². The molecule has 1 aromatic heterocycles. The Labute approximate surface area is 101 Å². The molecule has 0 aromatic carbocycles. The number of ether oxygens (including phenoxy) is 1. The molecule has 17 heavy (non-hydrogen) atoms. The first-order valence-corrected chi connectivity index (χ1v) is 6.79. The lowest BCUT2D eigenvalue weighted by atomic mass is 10.3. The van der Waals surface area contributed by atoms with Gasteiger partial charge in [-0.15, -0.1) is 0 Å². The lowest BCUT2D eigenvalue weighted by Crippen LogP contribution is -2.13. The maximum Gasteiger partial charge on any atom is 0.356 e. The Morgan fingerprint density at radius 1 is 1.41 bits per heavy atom. The van der Waals surface area contributed by atoms with Gasteiger partial charge in [-0.3, -0.25) is 0 Å². The SMILES string of the molecule is COC(=O)c1ccc(S(=O)(=O)CC(C)C)cn1. The Kier molecular flexibility index (Phi) is 4.22. The van der Waals surface area contributed by atoms with E-state index < -0.39 is 15.8 Å². The molecule has 0 aliphatic rings. The van der Waals surface area contributed by atoms with Crippen LogP contribution in [0.2, 0.25) is 0 Å². The average molecular weight is 257 g/mol. The average Bonchev–Trinajstić information content (AvgIpc) is 2.26. The zero-order valence-corrected chi connectivity index (χ0v) is 10.8. The van der Waals surface area contributed by atoms with Gasteiger partial charge in [0.05, 0.1) is 17.8 Å². The molecule has 0 saturated carbocycles. The standard InChI is InChI=1S/C11H15NO4S/c1-8(2)7-17(14,15)9-4-5-10(12-6-9)11(13)16-3/h4-6,8H,7H2,1-3H3. The van der Waals surface area contributed by atoms with E-state index in [9.17, 15) is 13.2 Å². The van der Waals surface area contributed by atoms with E-state index in [0.29, 0.717) is 0 Å². The van der Waals surface area contributed by atoms with Crippen molar-refractivity contribution in [1.82, 2.24) is 4.98 Å². The molecule has 0 spiro atoms. The molecule has 0 fully saturated rings. The predicted molar refractivity (Wildman–Crippen MR) is 62.5 cm³/mol. The van der Waals surface area contributed by atoms with Gasteiger partial charge < -0.3 is 4.74 Å². The van der Waals surface area contributed by atoms with E-state index >= 15 is 0 Å². The number of sulfone groups is 1. The summed E-state index contributed by atoms with van der Waals surface area (Å²) in [6.07, 6.45) is 1.18. The summed E-state index contributed by atoms with van der Waals surface area (Å²) in [4.78, 5) is 15.0. The van der Waals surface area contributed by atoms with Gasteiger partial charge in [0.15, 0.2) is 9.84 Å². The molecule has 0 bridgehead atoms. The molecular formula is C11H15NO4S. The Bertz CT molecular complexity index is 491. The molecule has 0 N–H and O–H groups in total. The van der Waals surface area contributed by atoms with Gasteiger partial charge in [0.1, 0.15) is 5.69 Å². The van der Waals surface area contributed by atoms with Crippen molar-refractivity contribution in [1.29, 1.82) is 0 Å². The first-order valence-electron chi connectivity index (χ1n) is 5.14. The van der Waals surface area contributed by atoms with Gasteiger partial charge >= 0.3 is 5.97 Å². The van der Waals surface area contributed by atoms with E-state index in [-0.39, 0.29) is 22.3 Å². The minimum atomic E-state index is -3.32. The molecule has 0 saturated heterocycles.